The smallest absolute Gasteiger partial charge is 0.339 e. The van der Waals surface area contributed by atoms with Crippen LogP contribution in [0.25, 0.3) is 0 Å². The number of hydrogen-bond acceptors (Lipinski definition) is 4. The normalized spacial score (nSPS) is 18.9. The molecule has 0 aromatic carbocycles. The van der Waals surface area contributed by atoms with E-state index in [2.05, 4.69) is 10.3 Å². The summed E-state index contributed by atoms with van der Waals surface area (Å²) in [5.74, 6) is -0.949. The van der Waals surface area contributed by atoms with Crippen molar-refractivity contribution in [2.75, 3.05) is 18.5 Å². The van der Waals surface area contributed by atoms with E-state index in [1.165, 1.54) is 0 Å². The van der Waals surface area contributed by atoms with Gasteiger partial charge in [0.2, 0.25) is 0 Å². The third kappa shape index (κ3) is 2.79. The van der Waals surface area contributed by atoms with Crippen molar-refractivity contribution >= 4 is 11.7 Å². The maximum atomic E-state index is 11.2. The fourth-order valence-corrected chi connectivity index (χ4v) is 2.27. The van der Waals surface area contributed by atoms with Gasteiger partial charge in [0.1, 0.15) is 5.56 Å². The Hall–Kier alpha value is -1.62. The molecule has 1 aliphatic heterocycles. The van der Waals surface area contributed by atoms with Crippen LogP contribution in [0.1, 0.15) is 34.6 Å². The molecule has 18 heavy (non-hydrogen) atoms. The summed E-state index contributed by atoms with van der Waals surface area (Å²) in [6.45, 7) is 5.01. The molecule has 0 saturated carbocycles. The van der Waals surface area contributed by atoms with Crippen molar-refractivity contribution in [3.63, 3.8) is 0 Å². The monoisotopic (exact) mass is 250 g/mol. The van der Waals surface area contributed by atoms with Crippen LogP contribution >= 0.6 is 0 Å². The number of anilines is 1. The lowest BCUT2D eigenvalue weighted by Crippen LogP contribution is -2.20. The number of rotatable bonds is 4. The Morgan fingerprint density at radius 3 is 3.00 bits per heavy atom. The quantitative estimate of drug-likeness (QED) is 0.855. The van der Waals surface area contributed by atoms with Gasteiger partial charge >= 0.3 is 5.97 Å². The van der Waals surface area contributed by atoms with Crippen molar-refractivity contribution < 1.29 is 14.6 Å². The van der Waals surface area contributed by atoms with Crippen molar-refractivity contribution in [3.05, 3.63) is 23.0 Å². The molecule has 2 N–H and O–H groups in total. The molecule has 1 unspecified atom stereocenters. The Bertz CT molecular complexity index is 454. The Morgan fingerprint density at radius 2 is 2.39 bits per heavy atom. The van der Waals surface area contributed by atoms with E-state index < -0.39 is 5.97 Å². The van der Waals surface area contributed by atoms with Gasteiger partial charge in [-0.1, -0.05) is 0 Å². The van der Waals surface area contributed by atoms with Gasteiger partial charge in [-0.25, -0.2) is 4.79 Å². The summed E-state index contributed by atoms with van der Waals surface area (Å²) in [7, 11) is 0. The highest BCUT2D eigenvalue weighted by molar-refractivity contribution is 5.95. The van der Waals surface area contributed by atoms with Crippen LogP contribution in [0.5, 0.6) is 0 Å². The minimum absolute atomic E-state index is 0.181. The summed E-state index contributed by atoms with van der Waals surface area (Å²) in [5, 5.41) is 12.4. The molecule has 98 valence electrons. The summed E-state index contributed by atoms with van der Waals surface area (Å²) in [6, 6.07) is 1.77. The largest absolute Gasteiger partial charge is 0.478 e. The van der Waals surface area contributed by atoms with Gasteiger partial charge < -0.3 is 15.2 Å². The van der Waals surface area contributed by atoms with E-state index in [4.69, 9.17) is 4.74 Å². The first kappa shape index (κ1) is 12.8. The number of nitrogens with one attached hydrogen (secondary N) is 1. The zero-order chi connectivity index (χ0) is 13.1. The highest BCUT2D eigenvalue weighted by Crippen LogP contribution is 2.21. The van der Waals surface area contributed by atoms with Gasteiger partial charge in [0, 0.05) is 18.8 Å². The molecule has 1 atom stereocenters. The van der Waals surface area contributed by atoms with Gasteiger partial charge in [-0.2, -0.15) is 0 Å². The van der Waals surface area contributed by atoms with Gasteiger partial charge in [0.05, 0.1) is 17.5 Å². The molecule has 1 saturated heterocycles. The lowest BCUT2D eigenvalue weighted by molar-refractivity contribution is 0.0696. The van der Waals surface area contributed by atoms with Gasteiger partial charge in [-0.15, -0.1) is 0 Å². The third-order valence-corrected chi connectivity index (χ3v) is 3.09. The van der Waals surface area contributed by atoms with E-state index in [1.54, 1.807) is 13.0 Å². The fourth-order valence-electron chi connectivity index (χ4n) is 2.27. The zero-order valence-electron chi connectivity index (χ0n) is 10.7. The summed E-state index contributed by atoms with van der Waals surface area (Å²) >= 11 is 0. The molecule has 0 spiro atoms. The molecular formula is C13H18N2O3. The highest BCUT2D eigenvalue weighted by Gasteiger charge is 2.18. The van der Waals surface area contributed by atoms with Gasteiger partial charge in [0.15, 0.2) is 0 Å². The number of carboxylic acid groups (broad SMARTS) is 1. The number of pyridine rings is 1. The first-order chi connectivity index (χ1) is 8.58. The number of carbonyl (C=O) groups is 1. The van der Waals surface area contributed by atoms with E-state index in [9.17, 15) is 9.90 Å². The third-order valence-electron chi connectivity index (χ3n) is 3.09. The van der Waals surface area contributed by atoms with E-state index in [0.29, 0.717) is 17.9 Å². The Balaban J connectivity index is 2.16. The second-order valence-electron chi connectivity index (χ2n) is 4.59. The van der Waals surface area contributed by atoms with Crippen LogP contribution in [-0.2, 0) is 4.74 Å². The molecule has 0 aliphatic carbocycles. The number of aromatic carboxylic acids is 1. The number of hydrogen-bond donors (Lipinski definition) is 2. The van der Waals surface area contributed by atoms with Crippen molar-refractivity contribution in [3.8, 4) is 0 Å². The van der Waals surface area contributed by atoms with Crippen LogP contribution in [-0.4, -0.2) is 35.3 Å². The van der Waals surface area contributed by atoms with Crippen LogP contribution in [0.2, 0.25) is 0 Å². The number of aromatic nitrogens is 1. The molecule has 0 radical (unpaired) electrons. The second kappa shape index (κ2) is 5.35. The average Bonchev–Trinajstić information content (AvgIpc) is 2.77. The second-order valence-corrected chi connectivity index (χ2v) is 4.59. The summed E-state index contributed by atoms with van der Waals surface area (Å²) < 4.78 is 5.51. The SMILES string of the molecule is Cc1cc(NCC2CCCO2)c(C(=O)O)c(C)n1. The molecule has 1 aromatic rings. The lowest BCUT2D eigenvalue weighted by Gasteiger charge is -2.15. The van der Waals surface area contributed by atoms with Gasteiger partial charge in [-0.3, -0.25) is 4.98 Å². The van der Waals surface area contributed by atoms with Gasteiger partial charge in [0.25, 0.3) is 0 Å². The molecule has 5 nitrogen and oxygen atoms in total. The molecule has 5 heteroatoms. The molecule has 2 heterocycles. The van der Waals surface area contributed by atoms with Crippen LogP contribution in [0, 0.1) is 13.8 Å². The first-order valence-electron chi connectivity index (χ1n) is 6.15. The Kier molecular flexibility index (Phi) is 3.81. The standard InChI is InChI=1S/C13H18N2O3/c1-8-6-11(12(13(16)17)9(2)15-8)14-7-10-4-3-5-18-10/h6,10H,3-5,7H2,1-2H3,(H,14,15)(H,16,17). The Labute approximate surface area is 106 Å². The molecule has 1 fully saturated rings. The number of ether oxygens (including phenoxy) is 1. The number of nitrogens with zero attached hydrogens (tertiary/aromatic N) is 1. The molecular weight excluding hydrogens is 232 g/mol. The topological polar surface area (TPSA) is 71.5 Å². The maximum absolute atomic E-state index is 11.2. The van der Waals surface area contributed by atoms with Gasteiger partial charge in [-0.05, 0) is 32.8 Å². The molecule has 0 bridgehead atoms. The minimum Gasteiger partial charge on any atom is -0.478 e. The molecule has 2 rings (SSSR count). The number of carboxylic acids is 1. The van der Waals surface area contributed by atoms with Crippen molar-refractivity contribution in [1.29, 1.82) is 0 Å². The van der Waals surface area contributed by atoms with Crippen LogP contribution < -0.4 is 5.32 Å². The zero-order valence-corrected chi connectivity index (χ0v) is 10.7. The van der Waals surface area contributed by atoms with E-state index in [1.807, 2.05) is 6.92 Å². The number of aryl methyl sites for hydroxylation is 2. The molecule has 1 aliphatic rings. The van der Waals surface area contributed by atoms with Crippen molar-refractivity contribution in [1.82, 2.24) is 4.98 Å². The van der Waals surface area contributed by atoms with Crippen LogP contribution in [0.4, 0.5) is 5.69 Å². The lowest BCUT2D eigenvalue weighted by atomic mass is 10.1. The maximum Gasteiger partial charge on any atom is 0.339 e. The summed E-state index contributed by atoms with van der Waals surface area (Å²) in [5.41, 5.74) is 2.23. The summed E-state index contributed by atoms with van der Waals surface area (Å²) in [4.78, 5) is 15.4. The Morgan fingerprint density at radius 1 is 1.61 bits per heavy atom. The van der Waals surface area contributed by atoms with Crippen LogP contribution in [0.15, 0.2) is 6.07 Å². The fraction of sp³-hybridized carbons (Fsp3) is 0.538. The van der Waals surface area contributed by atoms with Crippen molar-refractivity contribution in [2.45, 2.75) is 32.8 Å². The highest BCUT2D eigenvalue weighted by atomic mass is 16.5. The molecule has 0 amide bonds. The molecule has 1 aromatic heterocycles. The average molecular weight is 250 g/mol. The minimum atomic E-state index is -0.949. The summed E-state index contributed by atoms with van der Waals surface area (Å²) in [6.07, 6.45) is 2.28. The van der Waals surface area contributed by atoms with Crippen LogP contribution in [0.3, 0.4) is 0 Å². The van der Waals surface area contributed by atoms with Crippen molar-refractivity contribution in [2.24, 2.45) is 0 Å². The van der Waals surface area contributed by atoms with E-state index >= 15 is 0 Å². The predicted molar refractivity (Wildman–Crippen MR) is 68.1 cm³/mol. The first-order valence-corrected chi connectivity index (χ1v) is 6.15. The van der Waals surface area contributed by atoms with E-state index in [-0.39, 0.29) is 11.7 Å². The van der Waals surface area contributed by atoms with E-state index in [0.717, 1.165) is 25.1 Å². The predicted octanol–water partition coefficient (Wildman–Crippen LogP) is 1.99.